The second-order valence-electron chi connectivity index (χ2n) is 3.37. The normalized spacial score (nSPS) is 10.4. The van der Waals surface area contributed by atoms with Gasteiger partial charge in [0.05, 0.1) is 14.2 Å². The van der Waals surface area contributed by atoms with Crippen molar-refractivity contribution in [3.63, 3.8) is 0 Å². The fourth-order valence-corrected chi connectivity index (χ4v) is 1.50. The van der Waals surface area contributed by atoms with Gasteiger partial charge in [-0.2, -0.15) is 5.48 Å². The lowest BCUT2D eigenvalue weighted by molar-refractivity contribution is 0.0860. The van der Waals surface area contributed by atoms with Crippen molar-refractivity contribution in [1.82, 2.24) is 5.48 Å². The van der Waals surface area contributed by atoms with E-state index >= 15 is 0 Å². The van der Waals surface area contributed by atoms with E-state index in [-0.39, 0.29) is 5.75 Å². The molecule has 0 aliphatic heterocycles. The minimum absolute atomic E-state index is 0.261. The largest absolute Gasteiger partial charge is 0.507 e. The number of nitrogens with one attached hydrogen (secondary N) is 1. The molecule has 0 aliphatic rings. The summed E-state index contributed by atoms with van der Waals surface area (Å²) in [4.78, 5) is 4.76. The molecule has 0 atom stereocenters. The second-order valence-corrected chi connectivity index (χ2v) is 3.37. The van der Waals surface area contributed by atoms with Gasteiger partial charge in [-0.1, -0.05) is 0 Å². The molecule has 0 spiro atoms. The number of ether oxygens (including phenoxy) is 1. The van der Waals surface area contributed by atoms with Crippen LogP contribution in [0, 0.1) is 13.8 Å². The molecule has 15 heavy (non-hydrogen) atoms. The lowest BCUT2D eigenvalue weighted by Gasteiger charge is -2.14. The van der Waals surface area contributed by atoms with Crippen LogP contribution in [0.2, 0.25) is 0 Å². The van der Waals surface area contributed by atoms with Crippen LogP contribution < -0.4 is 10.2 Å². The standard InChI is InChI=1S/C11H17NO3/c1-7-5-10(14-3)8(2)11(13)9(7)6-12-15-4/h5,12-13H,6H2,1-4H3. The van der Waals surface area contributed by atoms with E-state index in [4.69, 9.17) is 9.57 Å². The second kappa shape index (κ2) is 5.00. The highest BCUT2D eigenvalue weighted by atomic mass is 16.6. The Morgan fingerprint density at radius 1 is 1.33 bits per heavy atom. The number of phenolic OH excluding ortho intramolecular Hbond substituents is 1. The monoisotopic (exact) mass is 211 g/mol. The van der Waals surface area contributed by atoms with Crippen LogP contribution in [0.4, 0.5) is 0 Å². The van der Waals surface area contributed by atoms with Gasteiger partial charge < -0.3 is 14.7 Å². The van der Waals surface area contributed by atoms with Gasteiger partial charge in [0.2, 0.25) is 0 Å². The molecule has 4 heteroatoms. The van der Waals surface area contributed by atoms with Gasteiger partial charge in [0.25, 0.3) is 0 Å². The van der Waals surface area contributed by atoms with Crippen LogP contribution in [0.1, 0.15) is 16.7 Å². The van der Waals surface area contributed by atoms with Gasteiger partial charge in [-0.05, 0) is 25.5 Å². The molecule has 0 fully saturated rings. The molecular formula is C11H17NO3. The smallest absolute Gasteiger partial charge is 0.127 e. The maximum Gasteiger partial charge on any atom is 0.127 e. The first-order chi connectivity index (χ1) is 7.11. The van der Waals surface area contributed by atoms with Gasteiger partial charge in [-0.25, -0.2) is 0 Å². The van der Waals surface area contributed by atoms with E-state index in [1.807, 2.05) is 19.9 Å². The summed E-state index contributed by atoms with van der Waals surface area (Å²) >= 11 is 0. The number of hydrogen-bond acceptors (Lipinski definition) is 4. The van der Waals surface area contributed by atoms with Gasteiger partial charge in [-0.3, -0.25) is 0 Å². The van der Waals surface area contributed by atoms with Gasteiger partial charge in [0.15, 0.2) is 0 Å². The molecule has 0 bridgehead atoms. The average Bonchev–Trinajstić information content (AvgIpc) is 2.23. The van der Waals surface area contributed by atoms with Crippen LogP contribution in [-0.2, 0) is 11.4 Å². The molecule has 0 saturated heterocycles. The number of methoxy groups -OCH3 is 1. The zero-order chi connectivity index (χ0) is 11.4. The molecule has 0 amide bonds. The van der Waals surface area contributed by atoms with E-state index in [1.165, 1.54) is 0 Å². The van der Waals surface area contributed by atoms with Gasteiger partial charge in [0, 0.05) is 17.7 Å². The Morgan fingerprint density at radius 3 is 2.53 bits per heavy atom. The lowest BCUT2D eigenvalue weighted by Crippen LogP contribution is -2.12. The molecule has 1 rings (SSSR count). The summed E-state index contributed by atoms with van der Waals surface area (Å²) in [7, 11) is 3.14. The van der Waals surface area contributed by atoms with Gasteiger partial charge in [0.1, 0.15) is 11.5 Å². The molecule has 84 valence electrons. The van der Waals surface area contributed by atoms with E-state index < -0.39 is 0 Å². The molecule has 0 saturated carbocycles. The number of aromatic hydroxyl groups is 1. The number of hydrogen-bond donors (Lipinski definition) is 2. The van der Waals surface area contributed by atoms with Crippen molar-refractivity contribution in [2.75, 3.05) is 14.2 Å². The van der Waals surface area contributed by atoms with Crippen LogP contribution in [-0.4, -0.2) is 19.3 Å². The fraction of sp³-hybridized carbons (Fsp3) is 0.455. The maximum absolute atomic E-state index is 9.94. The van der Waals surface area contributed by atoms with Crippen LogP contribution in [0.5, 0.6) is 11.5 Å². The number of hydroxylamine groups is 1. The zero-order valence-electron chi connectivity index (χ0n) is 9.55. The van der Waals surface area contributed by atoms with Crippen molar-refractivity contribution in [3.05, 3.63) is 22.8 Å². The minimum atomic E-state index is 0.261. The van der Waals surface area contributed by atoms with Crippen molar-refractivity contribution >= 4 is 0 Å². The van der Waals surface area contributed by atoms with E-state index in [9.17, 15) is 5.11 Å². The van der Waals surface area contributed by atoms with E-state index in [0.717, 1.165) is 16.7 Å². The van der Waals surface area contributed by atoms with Crippen LogP contribution in [0.15, 0.2) is 6.07 Å². The number of rotatable bonds is 4. The molecular weight excluding hydrogens is 194 g/mol. The Balaban J connectivity index is 3.11. The Kier molecular flexibility index (Phi) is 3.94. The summed E-state index contributed by atoms with van der Waals surface area (Å²) in [5.74, 6) is 0.961. The van der Waals surface area contributed by atoms with Crippen molar-refractivity contribution in [2.24, 2.45) is 0 Å². The molecule has 2 N–H and O–H groups in total. The molecule has 4 nitrogen and oxygen atoms in total. The summed E-state index contributed by atoms with van der Waals surface area (Å²) in [6, 6.07) is 1.90. The average molecular weight is 211 g/mol. The molecule has 0 heterocycles. The summed E-state index contributed by atoms with van der Waals surface area (Å²) in [6.07, 6.45) is 0. The third kappa shape index (κ3) is 2.40. The number of aryl methyl sites for hydroxylation is 1. The molecule has 0 aromatic heterocycles. The minimum Gasteiger partial charge on any atom is -0.507 e. The summed E-state index contributed by atoms with van der Waals surface area (Å²) in [5.41, 5.74) is 5.26. The molecule has 0 radical (unpaired) electrons. The summed E-state index contributed by atoms with van der Waals surface area (Å²) in [5, 5.41) is 9.94. The predicted octanol–water partition coefficient (Wildman–Crippen LogP) is 1.67. The topological polar surface area (TPSA) is 50.7 Å². The van der Waals surface area contributed by atoms with Gasteiger partial charge >= 0.3 is 0 Å². The van der Waals surface area contributed by atoms with E-state index in [0.29, 0.717) is 12.3 Å². The Bertz CT molecular complexity index is 350. The summed E-state index contributed by atoms with van der Waals surface area (Å²) in [6.45, 7) is 4.22. The van der Waals surface area contributed by atoms with Gasteiger partial charge in [-0.15, -0.1) is 0 Å². The van der Waals surface area contributed by atoms with Crippen molar-refractivity contribution < 1.29 is 14.7 Å². The number of phenols is 1. The first-order valence-electron chi connectivity index (χ1n) is 4.73. The molecule has 0 unspecified atom stereocenters. The molecule has 1 aromatic rings. The first-order valence-corrected chi connectivity index (χ1v) is 4.73. The number of benzene rings is 1. The van der Waals surface area contributed by atoms with Crippen molar-refractivity contribution in [3.8, 4) is 11.5 Å². The Morgan fingerprint density at radius 2 is 2.00 bits per heavy atom. The third-order valence-electron chi connectivity index (χ3n) is 2.45. The quantitative estimate of drug-likeness (QED) is 0.744. The third-order valence-corrected chi connectivity index (χ3v) is 2.45. The predicted molar refractivity (Wildman–Crippen MR) is 58.0 cm³/mol. The molecule has 1 aromatic carbocycles. The summed E-state index contributed by atoms with van der Waals surface area (Å²) < 4.78 is 5.15. The Labute approximate surface area is 89.8 Å². The maximum atomic E-state index is 9.94. The SMILES string of the molecule is CONCc1c(C)cc(OC)c(C)c1O. The van der Waals surface area contributed by atoms with E-state index in [1.54, 1.807) is 14.2 Å². The van der Waals surface area contributed by atoms with E-state index in [2.05, 4.69) is 5.48 Å². The van der Waals surface area contributed by atoms with Crippen LogP contribution in [0.3, 0.4) is 0 Å². The highest BCUT2D eigenvalue weighted by Gasteiger charge is 2.12. The highest BCUT2D eigenvalue weighted by molar-refractivity contribution is 5.52. The van der Waals surface area contributed by atoms with Crippen molar-refractivity contribution in [2.45, 2.75) is 20.4 Å². The molecule has 0 aliphatic carbocycles. The highest BCUT2D eigenvalue weighted by Crippen LogP contribution is 2.32. The van der Waals surface area contributed by atoms with Crippen LogP contribution in [0.25, 0.3) is 0 Å². The lowest BCUT2D eigenvalue weighted by atomic mass is 10.0. The first kappa shape index (κ1) is 11.8. The zero-order valence-corrected chi connectivity index (χ0v) is 9.55. The fourth-order valence-electron chi connectivity index (χ4n) is 1.50. The van der Waals surface area contributed by atoms with Crippen molar-refractivity contribution in [1.29, 1.82) is 0 Å². The Hall–Kier alpha value is -1.26. The van der Waals surface area contributed by atoms with Crippen LogP contribution >= 0.6 is 0 Å².